The number of aliphatic hydroxyl groups excluding tert-OH is 1. The van der Waals surface area contributed by atoms with E-state index in [4.69, 9.17) is 0 Å². The van der Waals surface area contributed by atoms with E-state index in [1.807, 2.05) is 13.0 Å². The Kier molecular flexibility index (Phi) is 3.53. The van der Waals surface area contributed by atoms with Gasteiger partial charge in [-0.2, -0.15) is 0 Å². The summed E-state index contributed by atoms with van der Waals surface area (Å²) in [7, 11) is 0. The van der Waals surface area contributed by atoms with Crippen molar-refractivity contribution in [3.63, 3.8) is 0 Å². The van der Waals surface area contributed by atoms with E-state index in [1.54, 1.807) is 12.2 Å². The lowest BCUT2D eigenvalue weighted by Gasteiger charge is -2.59. The quantitative estimate of drug-likeness (QED) is 0.767. The molecule has 3 saturated carbocycles. The summed E-state index contributed by atoms with van der Waals surface area (Å²) < 4.78 is 0. The predicted molar refractivity (Wildman–Crippen MR) is 93.6 cm³/mol. The number of aliphatic hydroxyl groups is 2. The van der Waals surface area contributed by atoms with Gasteiger partial charge in [0.25, 0.3) is 0 Å². The van der Waals surface area contributed by atoms with Crippen molar-refractivity contribution in [1.82, 2.24) is 0 Å². The van der Waals surface area contributed by atoms with E-state index in [0.29, 0.717) is 12.8 Å². The van der Waals surface area contributed by atoms with Crippen molar-refractivity contribution in [3.8, 4) is 0 Å². The Balaban J connectivity index is 1.76. The van der Waals surface area contributed by atoms with Crippen molar-refractivity contribution in [1.29, 1.82) is 0 Å². The Morgan fingerprint density at radius 1 is 1.28 bits per heavy atom. The van der Waals surface area contributed by atoms with Crippen LogP contribution in [0.15, 0.2) is 23.8 Å². The maximum absolute atomic E-state index is 12.2. The van der Waals surface area contributed by atoms with E-state index < -0.39 is 17.1 Å². The van der Waals surface area contributed by atoms with Gasteiger partial charge in [0.15, 0.2) is 11.6 Å². The largest absolute Gasteiger partial charge is 0.393 e. The number of Topliss-reactive ketones (excluding diaryl/α,β-unsaturated/α-hetero) is 1. The van der Waals surface area contributed by atoms with Crippen LogP contribution in [-0.2, 0) is 9.59 Å². The monoisotopic (exact) mass is 344 g/mol. The van der Waals surface area contributed by atoms with E-state index in [0.717, 1.165) is 24.8 Å². The topological polar surface area (TPSA) is 74.6 Å². The number of fused-ring (bicyclic) bond motifs is 5. The molecule has 0 aliphatic heterocycles. The van der Waals surface area contributed by atoms with E-state index >= 15 is 0 Å². The van der Waals surface area contributed by atoms with Crippen LogP contribution >= 0.6 is 0 Å². The van der Waals surface area contributed by atoms with Gasteiger partial charge in [-0.3, -0.25) is 9.59 Å². The van der Waals surface area contributed by atoms with Crippen LogP contribution in [0.4, 0.5) is 0 Å². The average Bonchev–Trinajstić information content (AvgIpc) is 2.80. The molecule has 0 aromatic carbocycles. The summed E-state index contributed by atoms with van der Waals surface area (Å²) in [5.41, 5.74) is -1.05. The van der Waals surface area contributed by atoms with Crippen LogP contribution in [-0.4, -0.2) is 33.5 Å². The van der Waals surface area contributed by atoms with Crippen LogP contribution in [0.2, 0.25) is 0 Å². The zero-order valence-electron chi connectivity index (χ0n) is 15.3. The summed E-state index contributed by atoms with van der Waals surface area (Å²) in [5.74, 6) is 0.410. The number of ketones is 2. The molecule has 0 radical (unpaired) electrons. The first-order valence-corrected chi connectivity index (χ1v) is 9.49. The van der Waals surface area contributed by atoms with Crippen LogP contribution in [0, 0.1) is 28.6 Å². The summed E-state index contributed by atoms with van der Waals surface area (Å²) in [5, 5.41) is 22.3. The summed E-state index contributed by atoms with van der Waals surface area (Å²) >= 11 is 0. The molecule has 0 bridgehead atoms. The third-order valence-corrected chi connectivity index (χ3v) is 8.23. The Labute approximate surface area is 149 Å². The van der Waals surface area contributed by atoms with Gasteiger partial charge in [0.1, 0.15) is 5.60 Å². The molecule has 0 unspecified atom stereocenters. The molecule has 7 atom stereocenters. The number of hydrogen-bond donors (Lipinski definition) is 2. The lowest BCUT2D eigenvalue weighted by Crippen LogP contribution is -2.61. The minimum atomic E-state index is -1.32. The van der Waals surface area contributed by atoms with Gasteiger partial charge in [-0.05, 0) is 63.0 Å². The molecular weight excluding hydrogens is 316 g/mol. The fourth-order valence-corrected chi connectivity index (χ4v) is 6.91. The van der Waals surface area contributed by atoms with Gasteiger partial charge in [-0.25, -0.2) is 0 Å². The molecule has 4 aliphatic rings. The Morgan fingerprint density at radius 2 is 2.00 bits per heavy atom. The minimum absolute atomic E-state index is 0.0351. The zero-order chi connectivity index (χ0) is 18.2. The van der Waals surface area contributed by atoms with E-state index in [-0.39, 0.29) is 34.7 Å². The van der Waals surface area contributed by atoms with Gasteiger partial charge >= 0.3 is 0 Å². The van der Waals surface area contributed by atoms with Crippen LogP contribution in [0.1, 0.15) is 52.9 Å². The normalized spacial score (nSPS) is 51.4. The van der Waals surface area contributed by atoms with Crippen LogP contribution in [0.25, 0.3) is 0 Å². The van der Waals surface area contributed by atoms with E-state index in [2.05, 4.69) is 6.92 Å². The van der Waals surface area contributed by atoms with Crippen LogP contribution < -0.4 is 0 Å². The molecule has 25 heavy (non-hydrogen) atoms. The smallest absolute Gasteiger partial charge is 0.178 e. The molecule has 0 aromatic rings. The number of carbonyl (C=O) groups is 2. The van der Waals surface area contributed by atoms with Crippen molar-refractivity contribution in [2.75, 3.05) is 0 Å². The Hall–Kier alpha value is -1.26. The van der Waals surface area contributed by atoms with Crippen molar-refractivity contribution in [2.24, 2.45) is 28.6 Å². The first-order valence-electron chi connectivity index (χ1n) is 9.49. The molecule has 0 amide bonds. The fourth-order valence-electron chi connectivity index (χ4n) is 6.91. The summed E-state index contributed by atoms with van der Waals surface area (Å²) in [6.45, 7) is 5.61. The fraction of sp³-hybridized carbons (Fsp3) is 0.714. The Morgan fingerprint density at radius 3 is 2.68 bits per heavy atom. The molecule has 0 aromatic heterocycles. The molecule has 3 fully saturated rings. The van der Waals surface area contributed by atoms with Gasteiger partial charge in [0.05, 0.1) is 6.10 Å². The van der Waals surface area contributed by atoms with Crippen molar-refractivity contribution < 1.29 is 19.8 Å². The van der Waals surface area contributed by atoms with Gasteiger partial charge in [-0.15, -0.1) is 0 Å². The second-order valence-electron chi connectivity index (χ2n) is 9.17. The second kappa shape index (κ2) is 5.14. The van der Waals surface area contributed by atoms with Crippen molar-refractivity contribution >= 4 is 11.6 Å². The number of carbonyl (C=O) groups excluding carboxylic acids is 2. The van der Waals surface area contributed by atoms with Crippen LogP contribution in [0.5, 0.6) is 0 Å². The number of hydrogen-bond acceptors (Lipinski definition) is 4. The third-order valence-electron chi connectivity index (χ3n) is 8.23. The first-order chi connectivity index (χ1) is 11.6. The van der Waals surface area contributed by atoms with Crippen molar-refractivity contribution in [3.05, 3.63) is 23.8 Å². The van der Waals surface area contributed by atoms with Gasteiger partial charge < -0.3 is 10.2 Å². The summed E-state index contributed by atoms with van der Waals surface area (Å²) in [6, 6.07) is 0. The highest BCUT2D eigenvalue weighted by Crippen LogP contribution is 2.66. The number of rotatable bonds is 1. The third kappa shape index (κ3) is 2.01. The van der Waals surface area contributed by atoms with Crippen molar-refractivity contribution in [2.45, 2.75) is 64.6 Å². The SMILES string of the molecule is CC(=O)[C@]1(O)CC[C@@H]2[C@@H]3CCC4=CC(=O)C=C[C@]4(C)[C@H]3[C@@H](O)C[C@]21C. The highest BCUT2D eigenvalue weighted by molar-refractivity contribution is 6.01. The maximum Gasteiger partial charge on any atom is 0.178 e. The molecule has 0 spiro atoms. The minimum Gasteiger partial charge on any atom is -0.393 e. The second-order valence-corrected chi connectivity index (χ2v) is 9.17. The standard InChI is InChI=1S/C21H28O4/c1-12(22)21(25)9-7-16-15-5-4-13-10-14(23)6-8-19(13,2)18(15)17(24)11-20(16,21)3/h6,8,10,15-18,24-25H,4-5,7,9,11H2,1-3H3/t15-,16+,17-,18+,19-,20+,21+/m0/s1. The van der Waals surface area contributed by atoms with Crippen LogP contribution in [0.3, 0.4) is 0 Å². The number of allylic oxidation sites excluding steroid dienone is 4. The molecule has 136 valence electrons. The average molecular weight is 344 g/mol. The maximum atomic E-state index is 12.2. The van der Waals surface area contributed by atoms with Gasteiger partial charge in [0, 0.05) is 16.7 Å². The molecule has 0 saturated heterocycles. The summed E-state index contributed by atoms with van der Waals surface area (Å²) in [6.07, 6.45) is 8.32. The molecule has 4 nitrogen and oxygen atoms in total. The Bertz CT molecular complexity index is 707. The lowest BCUT2D eigenvalue weighted by molar-refractivity contribution is -0.175. The highest BCUT2D eigenvalue weighted by atomic mass is 16.3. The van der Waals surface area contributed by atoms with Gasteiger partial charge in [-0.1, -0.05) is 25.5 Å². The van der Waals surface area contributed by atoms with E-state index in [9.17, 15) is 19.8 Å². The highest BCUT2D eigenvalue weighted by Gasteiger charge is 2.67. The molecule has 4 aliphatic carbocycles. The molecule has 2 N–H and O–H groups in total. The predicted octanol–water partition coefficient (Wildman–Crippen LogP) is 2.59. The van der Waals surface area contributed by atoms with Gasteiger partial charge in [0.2, 0.25) is 0 Å². The summed E-state index contributed by atoms with van der Waals surface area (Å²) in [4.78, 5) is 24.0. The first kappa shape index (κ1) is 17.2. The molecular formula is C21H28O4. The molecule has 4 rings (SSSR count). The van der Waals surface area contributed by atoms with E-state index in [1.165, 1.54) is 6.92 Å². The molecule has 4 heteroatoms. The molecule has 0 heterocycles. The lowest BCUT2D eigenvalue weighted by atomic mass is 9.46. The zero-order valence-corrected chi connectivity index (χ0v) is 15.3.